The van der Waals surface area contributed by atoms with E-state index in [0.717, 1.165) is 23.5 Å². The highest BCUT2D eigenvalue weighted by Gasteiger charge is 2.41. The van der Waals surface area contributed by atoms with Gasteiger partial charge in [-0.2, -0.15) is 0 Å². The third-order valence-electron chi connectivity index (χ3n) is 5.80. The van der Waals surface area contributed by atoms with Gasteiger partial charge < -0.3 is 10.1 Å². The molecule has 116 valence electrons. The van der Waals surface area contributed by atoms with Gasteiger partial charge >= 0.3 is 0 Å². The Morgan fingerprint density at radius 3 is 2.62 bits per heavy atom. The predicted molar refractivity (Wildman–Crippen MR) is 87.7 cm³/mol. The molecule has 21 heavy (non-hydrogen) atoms. The lowest BCUT2D eigenvalue weighted by Gasteiger charge is -2.31. The van der Waals surface area contributed by atoms with Crippen molar-refractivity contribution in [2.75, 3.05) is 7.11 Å². The van der Waals surface area contributed by atoms with Crippen LogP contribution in [0.25, 0.3) is 0 Å². The number of hydrogen-bond donors (Lipinski definition) is 1. The largest absolute Gasteiger partial charge is 0.496 e. The zero-order valence-electron chi connectivity index (χ0n) is 13.9. The first-order valence-corrected chi connectivity index (χ1v) is 8.49. The monoisotopic (exact) mass is 287 g/mol. The van der Waals surface area contributed by atoms with Gasteiger partial charge in [-0.25, -0.2) is 0 Å². The molecule has 0 aromatic heterocycles. The smallest absolute Gasteiger partial charge is 0.123 e. The Balaban J connectivity index is 1.68. The van der Waals surface area contributed by atoms with Crippen LogP contribution in [0.5, 0.6) is 5.75 Å². The summed E-state index contributed by atoms with van der Waals surface area (Å²) in [6, 6.07) is 7.40. The first-order valence-electron chi connectivity index (χ1n) is 8.49. The second kappa shape index (κ2) is 6.00. The SMILES string of the molecule is COc1ccc(C)cc1C(C)NC(C)C1CC2CCC1C2. The minimum absolute atomic E-state index is 0.342. The van der Waals surface area contributed by atoms with Gasteiger partial charge in [0.05, 0.1) is 7.11 Å². The minimum Gasteiger partial charge on any atom is -0.496 e. The summed E-state index contributed by atoms with van der Waals surface area (Å²) in [5.74, 6) is 3.87. The van der Waals surface area contributed by atoms with Crippen LogP contribution >= 0.6 is 0 Å². The first kappa shape index (κ1) is 14.9. The van der Waals surface area contributed by atoms with Crippen LogP contribution in [0.15, 0.2) is 18.2 Å². The molecule has 0 aliphatic heterocycles. The second-order valence-corrected chi connectivity index (χ2v) is 7.26. The van der Waals surface area contributed by atoms with Gasteiger partial charge in [0.1, 0.15) is 5.75 Å². The minimum atomic E-state index is 0.342. The molecule has 0 amide bonds. The van der Waals surface area contributed by atoms with Crippen molar-refractivity contribution in [2.45, 2.75) is 58.5 Å². The third kappa shape index (κ3) is 2.96. The van der Waals surface area contributed by atoms with Crippen molar-refractivity contribution in [3.8, 4) is 5.75 Å². The molecule has 2 heteroatoms. The fourth-order valence-corrected chi connectivity index (χ4v) is 4.71. The van der Waals surface area contributed by atoms with Crippen LogP contribution in [0.3, 0.4) is 0 Å². The van der Waals surface area contributed by atoms with Crippen LogP contribution in [0.1, 0.15) is 56.7 Å². The van der Waals surface area contributed by atoms with E-state index in [2.05, 4.69) is 44.3 Å². The Labute approximate surface area is 129 Å². The average Bonchev–Trinajstić information content (AvgIpc) is 3.09. The molecular weight excluding hydrogens is 258 g/mol. The van der Waals surface area contributed by atoms with Gasteiger partial charge in [0.25, 0.3) is 0 Å². The van der Waals surface area contributed by atoms with Gasteiger partial charge in [-0.05, 0) is 63.9 Å². The van der Waals surface area contributed by atoms with E-state index in [1.165, 1.54) is 36.8 Å². The standard InChI is InChI=1S/C19H29NO/c1-12-5-8-19(21-4)18(9-12)14(3)20-13(2)17-11-15-6-7-16(17)10-15/h5,8-9,13-17,20H,6-7,10-11H2,1-4H3. The van der Waals surface area contributed by atoms with E-state index < -0.39 is 0 Å². The van der Waals surface area contributed by atoms with E-state index in [1.807, 2.05) is 0 Å². The van der Waals surface area contributed by atoms with Crippen molar-refractivity contribution >= 4 is 0 Å². The van der Waals surface area contributed by atoms with Gasteiger partial charge in [0, 0.05) is 17.6 Å². The lowest BCUT2D eigenvalue weighted by atomic mass is 9.83. The fraction of sp³-hybridized carbons (Fsp3) is 0.684. The summed E-state index contributed by atoms with van der Waals surface area (Å²) in [7, 11) is 1.76. The molecule has 1 aromatic carbocycles. The van der Waals surface area contributed by atoms with Crippen LogP contribution < -0.4 is 10.1 Å². The van der Waals surface area contributed by atoms with Crippen LogP contribution in [0.2, 0.25) is 0 Å². The van der Waals surface area contributed by atoms with Crippen LogP contribution in [0.4, 0.5) is 0 Å². The molecule has 2 fully saturated rings. The molecule has 0 heterocycles. The van der Waals surface area contributed by atoms with Gasteiger partial charge in [-0.3, -0.25) is 0 Å². The third-order valence-corrected chi connectivity index (χ3v) is 5.80. The quantitative estimate of drug-likeness (QED) is 0.862. The highest BCUT2D eigenvalue weighted by molar-refractivity contribution is 5.38. The van der Waals surface area contributed by atoms with Crippen LogP contribution in [-0.2, 0) is 0 Å². The van der Waals surface area contributed by atoms with E-state index >= 15 is 0 Å². The number of fused-ring (bicyclic) bond motifs is 2. The van der Waals surface area contributed by atoms with Gasteiger partial charge in [-0.15, -0.1) is 0 Å². The van der Waals surface area contributed by atoms with E-state index in [-0.39, 0.29) is 0 Å². The molecule has 0 radical (unpaired) electrons. The van der Waals surface area contributed by atoms with Crippen molar-refractivity contribution in [2.24, 2.45) is 17.8 Å². The summed E-state index contributed by atoms with van der Waals surface area (Å²) < 4.78 is 5.54. The molecule has 3 rings (SSSR count). The number of benzene rings is 1. The molecular formula is C19H29NO. The number of nitrogens with one attached hydrogen (secondary N) is 1. The normalized spacial score (nSPS) is 30.4. The lowest BCUT2D eigenvalue weighted by Crippen LogP contribution is -2.37. The fourth-order valence-electron chi connectivity index (χ4n) is 4.71. The first-order chi connectivity index (χ1) is 10.1. The Hall–Kier alpha value is -1.02. The second-order valence-electron chi connectivity index (χ2n) is 7.26. The molecule has 1 N–H and O–H groups in total. The zero-order valence-corrected chi connectivity index (χ0v) is 13.9. The van der Waals surface area contributed by atoms with Crippen LogP contribution in [0, 0.1) is 24.7 Å². The Kier molecular flexibility index (Phi) is 4.26. The lowest BCUT2D eigenvalue weighted by molar-refractivity contribution is 0.247. The summed E-state index contributed by atoms with van der Waals surface area (Å²) in [6.45, 7) is 6.79. The molecule has 1 aromatic rings. The average molecular weight is 287 g/mol. The highest BCUT2D eigenvalue weighted by Crippen LogP contribution is 2.49. The molecule has 2 aliphatic carbocycles. The van der Waals surface area contributed by atoms with Gasteiger partial charge in [-0.1, -0.05) is 24.1 Å². The number of rotatable bonds is 5. The molecule has 0 saturated heterocycles. The van der Waals surface area contributed by atoms with Crippen molar-refractivity contribution in [1.82, 2.24) is 5.32 Å². The van der Waals surface area contributed by atoms with Crippen molar-refractivity contribution < 1.29 is 4.74 Å². The molecule has 5 atom stereocenters. The number of hydrogen-bond acceptors (Lipinski definition) is 2. The van der Waals surface area contributed by atoms with Crippen LogP contribution in [-0.4, -0.2) is 13.2 Å². The highest BCUT2D eigenvalue weighted by atomic mass is 16.5. The predicted octanol–water partition coefficient (Wildman–Crippen LogP) is 4.48. The van der Waals surface area contributed by atoms with E-state index in [1.54, 1.807) is 7.11 Å². The van der Waals surface area contributed by atoms with Crippen molar-refractivity contribution in [3.05, 3.63) is 29.3 Å². The molecule has 2 bridgehead atoms. The molecule has 0 spiro atoms. The number of ether oxygens (including phenoxy) is 1. The molecule has 2 saturated carbocycles. The Morgan fingerprint density at radius 2 is 2.00 bits per heavy atom. The maximum Gasteiger partial charge on any atom is 0.123 e. The van der Waals surface area contributed by atoms with E-state index in [9.17, 15) is 0 Å². The topological polar surface area (TPSA) is 21.3 Å². The summed E-state index contributed by atoms with van der Waals surface area (Å²) in [5.41, 5.74) is 2.58. The van der Waals surface area contributed by atoms with Gasteiger partial charge in [0.2, 0.25) is 0 Å². The molecule has 2 nitrogen and oxygen atoms in total. The van der Waals surface area contributed by atoms with E-state index in [4.69, 9.17) is 4.74 Å². The number of aryl methyl sites for hydroxylation is 1. The maximum absolute atomic E-state index is 5.54. The van der Waals surface area contributed by atoms with Crippen molar-refractivity contribution in [3.63, 3.8) is 0 Å². The van der Waals surface area contributed by atoms with E-state index in [0.29, 0.717) is 12.1 Å². The molecule has 2 aliphatic rings. The zero-order chi connectivity index (χ0) is 15.0. The molecule has 5 unspecified atom stereocenters. The summed E-state index contributed by atoms with van der Waals surface area (Å²) in [4.78, 5) is 0. The number of methoxy groups -OCH3 is 1. The van der Waals surface area contributed by atoms with Crippen molar-refractivity contribution in [1.29, 1.82) is 0 Å². The summed E-state index contributed by atoms with van der Waals surface area (Å²) >= 11 is 0. The summed E-state index contributed by atoms with van der Waals surface area (Å²) in [6.07, 6.45) is 5.87. The summed E-state index contributed by atoms with van der Waals surface area (Å²) in [5, 5.41) is 3.84. The maximum atomic E-state index is 5.54. The van der Waals surface area contributed by atoms with Gasteiger partial charge in [0.15, 0.2) is 0 Å². The Morgan fingerprint density at radius 1 is 1.19 bits per heavy atom. The Bertz CT molecular complexity index is 498.